The van der Waals surface area contributed by atoms with E-state index in [2.05, 4.69) is 10.0 Å². The van der Waals surface area contributed by atoms with Gasteiger partial charge in [-0.25, -0.2) is 13.1 Å². The van der Waals surface area contributed by atoms with Crippen molar-refractivity contribution >= 4 is 27.5 Å². The van der Waals surface area contributed by atoms with Gasteiger partial charge in [-0.15, -0.1) is 0 Å². The van der Waals surface area contributed by atoms with Crippen molar-refractivity contribution in [3.05, 3.63) is 59.1 Å². The molecule has 1 aliphatic rings. The van der Waals surface area contributed by atoms with E-state index < -0.39 is 16.1 Å². The van der Waals surface area contributed by atoms with Gasteiger partial charge < -0.3 is 10.1 Å². The largest absolute Gasteiger partial charge is 0.482 e. The summed E-state index contributed by atoms with van der Waals surface area (Å²) in [6.07, 6.45) is 7.95. The minimum atomic E-state index is -3.77. The normalized spacial score (nSPS) is 16.6. The first kappa shape index (κ1) is 24.6. The Morgan fingerprint density at radius 3 is 2.38 bits per heavy atom. The molecule has 0 unspecified atom stereocenters. The molecule has 174 valence electrons. The molecule has 0 spiro atoms. The average molecular weight is 479 g/mol. The lowest BCUT2D eigenvalue weighted by Crippen LogP contribution is -2.38. The van der Waals surface area contributed by atoms with Crippen LogP contribution in [0.3, 0.4) is 0 Å². The summed E-state index contributed by atoms with van der Waals surface area (Å²) in [5.41, 5.74) is 0.859. The molecule has 32 heavy (non-hydrogen) atoms. The van der Waals surface area contributed by atoms with E-state index in [9.17, 15) is 13.2 Å². The standard InChI is InChI=1S/C24H31ClN2O4S/c1-18(19-10-6-5-7-11-19)27-32(29,30)21-14-15-23(22(25)16-21)31-17-24(28)26-20-12-8-3-2-4-9-13-20/h5-7,10-11,14-16,18,20,27H,2-4,8-9,12-13,17H2,1H3,(H,26,28)/t18-/m1/s1. The summed E-state index contributed by atoms with van der Waals surface area (Å²) in [5, 5.41) is 3.17. The molecule has 1 aliphatic carbocycles. The molecule has 8 heteroatoms. The zero-order chi connectivity index (χ0) is 23.0. The van der Waals surface area contributed by atoms with Crippen molar-refractivity contribution in [1.29, 1.82) is 0 Å². The van der Waals surface area contributed by atoms with Gasteiger partial charge in [-0.1, -0.05) is 74.0 Å². The minimum absolute atomic E-state index is 0.0385. The first-order valence-electron chi connectivity index (χ1n) is 11.1. The Labute approximate surface area is 195 Å². The lowest BCUT2D eigenvalue weighted by atomic mass is 9.97. The number of halogens is 1. The van der Waals surface area contributed by atoms with Gasteiger partial charge in [-0.2, -0.15) is 0 Å². The van der Waals surface area contributed by atoms with Crippen LogP contribution in [0.15, 0.2) is 53.4 Å². The van der Waals surface area contributed by atoms with Gasteiger partial charge in [-0.05, 0) is 43.5 Å². The fourth-order valence-corrected chi connectivity index (χ4v) is 5.45. The van der Waals surface area contributed by atoms with Gasteiger partial charge in [0.15, 0.2) is 6.61 Å². The molecule has 1 fully saturated rings. The number of nitrogens with one attached hydrogen (secondary N) is 2. The number of carbonyl (C=O) groups excluding carboxylic acids is 1. The van der Waals surface area contributed by atoms with Gasteiger partial charge in [-0.3, -0.25) is 4.79 Å². The van der Waals surface area contributed by atoms with Crippen molar-refractivity contribution in [3.8, 4) is 5.75 Å². The van der Waals surface area contributed by atoms with Crippen LogP contribution < -0.4 is 14.8 Å². The number of sulfonamides is 1. The van der Waals surface area contributed by atoms with Crippen molar-refractivity contribution < 1.29 is 17.9 Å². The molecule has 1 saturated carbocycles. The predicted octanol–water partition coefficient (Wildman–Crippen LogP) is 4.99. The smallest absolute Gasteiger partial charge is 0.258 e. The van der Waals surface area contributed by atoms with Gasteiger partial charge >= 0.3 is 0 Å². The van der Waals surface area contributed by atoms with Crippen LogP contribution in [-0.2, 0) is 14.8 Å². The molecule has 1 amide bonds. The van der Waals surface area contributed by atoms with Crippen LogP contribution >= 0.6 is 11.6 Å². The van der Waals surface area contributed by atoms with Gasteiger partial charge in [0, 0.05) is 12.1 Å². The summed E-state index contributed by atoms with van der Waals surface area (Å²) in [5.74, 6) is 0.0798. The highest BCUT2D eigenvalue weighted by Crippen LogP contribution is 2.28. The van der Waals surface area contributed by atoms with Crippen LogP contribution in [0.2, 0.25) is 5.02 Å². The molecule has 2 N–H and O–H groups in total. The molecule has 2 aromatic rings. The van der Waals surface area contributed by atoms with E-state index in [1.54, 1.807) is 6.92 Å². The number of rotatable bonds is 8. The molecule has 2 aromatic carbocycles. The molecule has 1 atom stereocenters. The Kier molecular flexibility index (Phi) is 8.96. The maximum Gasteiger partial charge on any atom is 0.258 e. The summed E-state index contributed by atoms with van der Waals surface area (Å²) in [4.78, 5) is 12.3. The number of benzene rings is 2. The summed E-state index contributed by atoms with van der Waals surface area (Å²) in [6, 6.07) is 13.3. The van der Waals surface area contributed by atoms with E-state index in [0.29, 0.717) is 0 Å². The van der Waals surface area contributed by atoms with Crippen molar-refractivity contribution in [2.24, 2.45) is 0 Å². The van der Waals surface area contributed by atoms with Crippen molar-refractivity contribution in [3.63, 3.8) is 0 Å². The Hall–Kier alpha value is -2.09. The van der Waals surface area contributed by atoms with Gasteiger partial charge in [0.05, 0.1) is 9.92 Å². The van der Waals surface area contributed by atoms with E-state index >= 15 is 0 Å². The third-order valence-electron chi connectivity index (χ3n) is 5.67. The van der Waals surface area contributed by atoms with E-state index in [4.69, 9.17) is 16.3 Å². The van der Waals surface area contributed by atoms with Crippen LogP contribution in [-0.4, -0.2) is 27.0 Å². The van der Waals surface area contributed by atoms with Crippen molar-refractivity contribution in [1.82, 2.24) is 10.0 Å². The number of hydrogen-bond donors (Lipinski definition) is 2. The monoisotopic (exact) mass is 478 g/mol. The molecule has 0 saturated heterocycles. The van der Waals surface area contributed by atoms with Gasteiger partial charge in [0.25, 0.3) is 5.91 Å². The first-order valence-corrected chi connectivity index (χ1v) is 13.0. The highest BCUT2D eigenvalue weighted by Gasteiger charge is 2.20. The van der Waals surface area contributed by atoms with E-state index in [-0.39, 0.29) is 34.2 Å². The van der Waals surface area contributed by atoms with Crippen molar-refractivity contribution in [2.75, 3.05) is 6.61 Å². The molecule has 0 aliphatic heterocycles. The Morgan fingerprint density at radius 2 is 1.72 bits per heavy atom. The van der Waals surface area contributed by atoms with Crippen LogP contribution in [0.25, 0.3) is 0 Å². The number of carbonyl (C=O) groups is 1. The van der Waals surface area contributed by atoms with Crippen molar-refractivity contribution in [2.45, 2.75) is 68.8 Å². The Balaban J connectivity index is 1.56. The Morgan fingerprint density at radius 1 is 1.06 bits per heavy atom. The second-order valence-corrected chi connectivity index (χ2v) is 10.4. The lowest BCUT2D eigenvalue weighted by Gasteiger charge is -2.21. The van der Waals surface area contributed by atoms with Gasteiger partial charge in [0.1, 0.15) is 5.75 Å². The molecule has 3 rings (SSSR count). The fraction of sp³-hybridized carbons (Fsp3) is 0.458. The van der Waals surface area contributed by atoms with E-state index in [1.807, 2.05) is 30.3 Å². The summed E-state index contributed by atoms with van der Waals surface area (Å²) in [7, 11) is -3.77. The molecule has 0 radical (unpaired) electrons. The summed E-state index contributed by atoms with van der Waals surface area (Å²) >= 11 is 6.26. The molecule has 0 bridgehead atoms. The molecule has 0 aromatic heterocycles. The summed E-state index contributed by atoms with van der Waals surface area (Å²) < 4.78 is 33.7. The second kappa shape index (κ2) is 11.7. The zero-order valence-corrected chi connectivity index (χ0v) is 19.9. The molecular weight excluding hydrogens is 448 g/mol. The second-order valence-electron chi connectivity index (χ2n) is 8.24. The number of ether oxygens (including phenoxy) is 1. The van der Waals surface area contributed by atoms with Crippen LogP contribution in [0.4, 0.5) is 0 Å². The minimum Gasteiger partial charge on any atom is -0.482 e. The third kappa shape index (κ3) is 7.22. The SMILES string of the molecule is C[C@@H](NS(=O)(=O)c1ccc(OCC(=O)NC2CCCCCCC2)c(Cl)c1)c1ccccc1. The average Bonchev–Trinajstić information content (AvgIpc) is 2.75. The maximum absolute atomic E-state index is 12.7. The van der Waals surface area contributed by atoms with Crippen LogP contribution in [0.1, 0.15) is 63.5 Å². The zero-order valence-electron chi connectivity index (χ0n) is 18.3. The fourth-order valence-electron chi connectivity index (χ4n) is 3.89. The third-order valence-corrected chi connectivity index (χ3v) is 7.51. The first-order chi connectivity index (χ1) is 15.3. The molecule has 6 nitrogen and oxygen atoms in total. The van der Waals surface area contributed by atoms with Crippen LogP contribution in [0.5, 0.6) is 5.75 Å². The Bertz CT molecular complexity index is 990. The van der Waals surface area contributed by atoms with Gasteiger partial charge in [0.2, 0.25) is 10.0 Å². The van der Waals surface area contributed by atoms with E-state index in [0.717, 1.165) is 31.2 Å². The molecule has 0 heterocycles. The van der Waals surface area contributed by atoms with E-state index in [1.165, 1.54) is 37.5 Å². The predicted molar refractivity (Wildman–Crippen MR) is 126 cm³/mol. The topological polar surface area (TPSA) is 84.5 Å². The summed E-state index contributed by atoms with van der Waals surface area (Å²) in [6.45, 7) is 1.62. The van der Waals surface area contributed by atoms with Crippen LogP contribution in [0, 0.1) is 0 Å². The number of amides is 1. The molecular formula is C24H31ClN2O4S. The highest BCUT2D eigenvalue weighted by molar-refractivity contribution is 7.89. The number of hydrogen-bond acceptors (Lipinski definition) is 4. The lowest BCUT2D eigenvalue weighted by molar-refractivity contribution is -0.123. The highest BCUT2D eigenvalue weighted by atomic mass is 35.5. The quantitative estimate of drug-likeness (QED) is 0.560. The maximum atomic E-state index is 12.7.